The number of carbonyl (C=O) groups excluding carboxylic acids is 1. The Bertz CT molecular complexity index is 735. The normalized spacial score (nSPS) is 16.8. The Kier molecular flexibility index (Phi) is 7.40. The van der Waals surface area contributed by atoms with Gasteiger partial charge in [0.2, 0.25) is 10.0 Å². The fraction of sp³-hybridized carbons (Fsp3) is 0.588. The number of sulfonamides is 1. The number of hydrogen-bond acceptors (Lipinski definition) is 3. The van der Waals surface area contributed by atoms with E-state index in [1.165, 1.54) is 10.4 Å². The number of amides is 1. The molecule has 0 aromatic heterocycles. The van der Waals surface area contributed by atoms with Crippen LogP contribution >= 0.6 is 11.6 Å². The quantitative estimate of drug-likeness (QED) is 0.694. The zero-order valence-electron chi connectivity index (χ0n) is 15.1. The molecule has 0 atom stereocenters. The van der Waals surface area contributed by atoms with Gasteiger partial charge in [0.1, 0.15) is 5.82 Å². The summed E-state index contributed by atoms with van der Waals surface area (Å²) in [6.07, 6.45) is 0.938. The van der Waals surface area contributed by atoms with Crippen LogP contribution in [0.3, 0.4) is 0 Å². The molecule has 0 bridgehead atoms. The van der Waals surface area contributed by atoms with Gasteiger partial charge in [0.25, 0.3) is 5.91 Å². The van der Waals surface area contributed by atoms with Gasteiger partial charge in [-0.2, -0.15) is 4.31 Å². The molecule has 2 rings (SSSR count). The molecule has 1 saturated heterocycles. The Morgan fingerprint density at radius 3 is 2.58 bits per heavy atom. The number of benzene rings is 1. The number of hydrogen-bond donors (Lipinski definition) is 2. The van der Waals surface area contributed by atoms with Crippen molar-refractivity contribution < 1.29 is 22.5 Å². The fourth-order valence-electron chi connectivity index (χ4n) is 2.80. The number of nitrogens with zero attached hydrogens (tertiary/aromatic N) is 1. The van der Waals surface area contributed by atoms with Crippen molar-refractivity contribution in [2.24, 2.45) is 5.92 Å². The van der Waals surface area contributed by atoms with Crippen molar-refractivity contribution in [1.29, 1.82) is 0 Å². The Labute approximate surface area is 159 Å². The molecule has 146 valence electrons. The van der Waals surface area contributed by atoms with E-state index in [-0.39, 0.29) is 15.8 Å². The molecule has 6 nitrogen and oxygen atoms in total. The molecule has 0 aliphatic carbocycles. The third kappa shape index (κ3) is 5.64. The lowest BCUT2D eigenvalue weighted by atomic mass is 10.1. The minimum absolute atomic E-state index is 0.0118. The van der Waals surface area contributed by atoms with Gasteiger partial charge < -0.3 is 10.2 Å². The largest absolute Gasteiger partial charge is 0.351 e. The van der Waals surface area contributed by atoms with Crippen LogP contribution in [0.15, 0.2) is 23.1 Å². The van der Waals surface area contributed by atoms with Gasteiger partial charge in [-0.25, -0.2) is 12.8 Å². The molecule has 1 amide bonds. The summed E-state index contributed by atoms with van der Waals surface area (Å²) in [6.45, 7) is 6.93. The highest BCUT2D eigenvalue weighted by Gasteiger charge is 2.31. The van der Waals surface area contributed by atoms with Crippen LogP contribution in [0.2, 0.25) is 5.02 Å². The van der Waals surface area contributed by atoms with E-state index in [1.807, 2.05) is 0 Å². The van der Waals surface area contributed by atoms with E-state index in [1.54, 1.807) is 0 Å². The van der Waals surface area contributed by atoms with Gasteiger partial charge in [-0.15, -0.1) is 0 Å². The van der Waals surface area contributed by atoms with Crippen LogP contribution in [0.4, 0.5) is 4.39 Å². The number of halogens is 2. The van der Waals surface area contributed by atoms with E-state index < -0.39 is 15.8 Å². The zero-order chi connectivity index (χ0) is 19.3. The molecule has 1 aromatic carbocycles. The van der Waals surface area contributed by atoms with E-state index in [0.29, 0.717) is 45.2 Å². The molecule has 1 fully saturated rings. The lowest BCUT2D eigenvalue weighted by molar-refractivity contribution is -0.895. The molecule has 9 heteroatoms. The highest BCUT2D eigenvalue weighted by molar-refractivity contribution is 7.89. The zero-order valence-corrected chi connectivity index (χ0v) is 16.7. The second-order valence-electron chi connectivity index (χ2n) is 6.94. The summed E-state index contributed by atoms with van der Waals surface area (Å²) in [5, 5.41) is 2.68. The van der Waals surface area contributed by atoms with E-state index >= 15 is 0 Å². The van der Waals surface area contributed by atoms with Crippen molar-refractivity contribution in [3.8, 4) is 0 Å². The van der Waals surface area contributed by atoms with Gasteiger partial charge in [-0.05, 0) is 30.5 Å². The summed E-state index contributed by atoms with van der Waals surface area (Å²) >= 11 is 5.69. The highest BCUT2D eigenvalue weighted by atomic mass is 35.5. The van der Waals surface area contributed by atoms with E-state index in [0.717, 1.165) is 23.5 Å². The van der Waals surface area contributed by atoms with Crippen molar-refractivity contribution in [2.45, 2.75) is 25.2 Å². The summed E-state index contributed by atoms with van der Waals surface area (Å²) in [5.74, 6) is -0.123. The molecule has 26 heavy (non-hydrogen) atoms. The third-order valence-corrected chi connectivity index (χ3v) is 6.60. The number of quaternary nitrogens is 1. The molecule has 1 aliphatic heterocycles. The smallest absolute Gasteiger partial charge is 0.275 e. The Hall–Kier alpha value is -1.22. The maximum atomic E-state index is 13.3. The minimum Gasteiger partial charge on any atom is -0.351 e. The van der Waals surface area contributed by atoms with Crippen molar-refractivity contribution in [3.63, 3.8) is 0 Å². The van der Waals surface area contributed by atoms with Crippen LogP contribution in [-0.4, -0.2) is 57.9 Å². The van der Waals surface area contributed by atoms with Gasteiger partial charge >= 0.3 is 0 Å². The molecule has 0 spiro atoms. The van der Waals surface area contributed by atoms with Crippen LogP contribution in [0.1, 0.15) is 20.3 Å². The standard InChI is InChI=1S/C17H25ClFN3O3S/c1-13(2)5-6-20-17(23)12-21-7-9-22(10-8-21)26(24,25)14-3-4-16(19)15(18)11-14/h3-4,11,13H,5-10,12H2,1-2H3,(H,20,23)/p+1. The molecule has 0 unspecified atom stereocenters. The van der Waals surface area contributed by atoms with Gasteiger partial charge in [0, 0.05) is 6.54 Å². The van der Waals surface area contributed by atoms with E-state index in [4.69, 9.17) is 11.6 Å². The summed E-state index contributed by atoms with van der Waals surface area (Å²) in [4.78, 5) is 13.0. The monoisotopic (exact) mass is 406 g/mol. The first-order chi connectivity index (χ1) is 12.2. The lowest BCUT2D eigenvalue weighted by Gasteiger charge is -2.31. The molecule has 1 aromatic rings. The first-order valence-electron chi connectivity index (χ1n) is 8.75. The van der Waals surface area contributed by atoms with E-state index in [2.05, 4.69) is 19.2 Å². The number of carbonyl (C=O) groups is 1. The second kappa shape index (κ2) is 9.12. The van der Waals surface area contributed by atoms with Crippen molar-refractivity contribution in [2.75, 3.05) is 39.3 Å². The average Bonchev–Trinajstić information content (AvgIpc) is 2.57. The van der Waals surface area contributed by atoms with Gasteiger partial charge in [-0.1, -0.05) is 25.4 Å². The first-order valence-corrected chi connectivity index (χ1v) is 10.6. The van der Waals surface area contributed by atoms with Crippen molar-refractivity contribution in [3.05, 3.63) is 29.0 Å². The summed E-state index contributed by atoms with van der Waals surface area (Å²) in [5.41, 5.74) is 0. The van der Waals surface area contributed by atoms with Crippen molar-refractivity contribution in [1.82, 2.24) is 9.62 Å². The molecule has 2 N–H and O–H groups in total. The third-order valence-electron chi connectivity index (χ3n) is 4.41. The minimum atomic E-state index is -3.71. The van der Waals surface area contributed by atoms with Crippen LogP contribution in [0.5, 0.6) is 0 Å². The summed E-state index contributed by atoms with van der Waals surface area (Å²) < 4.78 is 39.9. The second-order valence-corrected chi connectivity index (χ2v) is 9.28. The molecule has 0 saturated carbocycles. The number of piperazine rings is 1. The predicted molar refractivity (Wildman–Crippen MR) is 98.2 cm³/mol. The lowest BCUT2D eigenvalue weighted by Crippen LogP contribution is -3.15. The Balaban J connectivity index is 1.87. The molecule has 0 radical (unpaired) electrons. The summed E-state index contributed by atoms with van der Waals surface area (Å²) in [7, 11) is -3.71. The maximum Gasteiger partial charge on any atom is 0.275 e. The topological polar surface area (TPSA) is 70.9 Å². The molecular weight excluding hydrogens is 381 g/mol. The molecule has 1 heterocycles. The van der Waals surface area contributed by atoms with Gasteiger partial charge in [-0.3, -0.25) is 4.79 Å². The van der Waals surface area contributed by atoms with Crippen molar-refractivity contribution >= 4 is 27.5 Å². The first kappa shape index (κ1) is 21.1. The molecule has 1 aliphatic rings. The fourth-order valence-corrected chi connectivity index (χ4v) is 4.51. The van der Waals surface area contributed by atoms with Crippen LogP contribution in [-0.2, 0) is 14.8 Å². The Morgan fingerprint density at radius 1 is 1.35 bits per heavy atom. The molecular formula is C17H26ClFN3O3S+. The maximum absolute atomic E-state index is 13.3. The SMILES string of the molecule is CC(C)CCNC(=O)C[NH+]1CCN(S(=O)(=O)c2ccc(F)c(Cl)c2)CC1. The van der Waals surface area contributed by atoms with E-state index in [9.17, 15) is 17.6 Å². The predicted octanol–water partition coefficient (Wildman–Crippen LogP) is 0.531. The average molecular weight is 407 g/mol. The number of nitrogens with one attached hydrogen (secondary N) is 2. The van der Waals surface area contributed by atoms with Crippen LogP contribution < -0.4 is 10.2 Å². The van der Waals surface area contributed by atoms with Gasteiger partial charge in [0.05, 0.1) is 36.1 Å². The highest BCUT2D eigenvalue weighted by Crippen LogP contribution is 2.22. The van der Waals surface area contributed by atoms with Gasteiger partial charge in [0.15, 0.2) is 6.54 Å². The summed E-state index contributed by atoms with van der Waals surface area (Å²) in [6, 6.07) is 3.41. The Morgan fingerprint density at radius 2 is 2.00 bits per heavy atom. The van der Waals surface area contributed by atoms with Crippen LogP contribution in [0.25, 0.3) is 0 Å². The van der Waals surface area contributed by atoms with Crippen LogP contribution in [0, 0.1) is 11.7 Å². The number of rotatable bonds is 7.